The first-order chi connectivity index (χ1) is 29.3. The lowest BCUT2D eigenvalue weighted by Crippen LogP contribution is -2.38. The van der Waals surface area contributed by atoms with Crippen molar-refractivity contribution < 1.29 is 40.6 Å². The molecule has 61 heavy (non-hydrogen) atoms. The van der Waals surface area contributed by atoms with Gasteiger partial charge in [0.1, 0.15) is 6.73 Å². The Balaban J connectivity index is 0.000000232. The molecular weight excluding hydrogens is 817 g/mol. The first-order valence-electron chi connectivity index (χ1n) is 19.9. The number of carbonyl (C=O) groups excluding carboxylic acids is 2. The third kappa shape index (κ3) is 13.7. The Hall–Kier alpha value is -5.68. The number of ether oxygens (including phenoxy) is 3. The van der Waals surface area contributed by atoms with Crippen molar-refractivity contribution >= 4 is 43.4 Å². The van der Waals surface area contributed by atoms with Crippen molar-refractivity contribution in [2.45, 2.75) is 73.2 Å². The van der Waals surface area contributed by atoms with Crippen molar-refractivity contribution in [3.63, 3.8) is 0 Å². The maximum atomic E-state index is 13.0. The quantitative estimate of drug-likeness (QED) is 0.0618. The number of rotatable bonds is 11. The summed E-state index contributed by atoms with van der Waals surface area (Å²) < 4.78 is 71.6. The van der Waals surface area contributed by atoms with E-state index in [2.05, 4.69) is 38.4 Å². The molecule has 4 aromatic carbocycles. The van der Waals surface area contributed by atoms with Gasteiger partial charge in [-0.25, -0.2) is 26.3 Å². The van der Waals surface area contributed by atoms with Crippen LogP contribution < -0.4 is 20.5 Å². The predicted molar refractivity (Wildman–Crippen MR) is 234 cm³/mol. The SMILES string of the molecule is COC(=O)C1CCC(NS(=O)(=O)c2ccc(C#Cc3ccccc3)c(N)c2)CC1.COCNc1cc(S(=O)(=O)NC2CCC(C(=O)OC)CC2)ccc1C#Cc1ccccc1. The predicted octanol–water partition coefficient (Wildman–Crippen LogP) is 5.79. The fraction of sp³-hybridized carbons (Fsp3) is 0.348. The highest BCUT2D eigenvalue weighted by molar-refractivity contribution is 7.89. The number of hydrogen-bond donors (Lipinski definition) is 4. The third-order valence-electron chi connectivity index (χ3n) is 10.4. The molecule has 0 heterocycles. The van der Waals surface area contributed by atoms with Crippen molar-refractivity contribution in [3.05, 3.63) is 119 Å². The Bertz CT molecular complexity index is 2460. The normalized spacial score (nSPS) is 18.7. The van der Waals surface area contributed by atoms with Gasteiger partial charge in [-0.05, 0) is 112 Å². The first kappa shape index (κ1) is 46.4. The van der Waals surface area contributed by atoms with Gasteiger partial charge in [0, 0.05) is 47.1 Å². The van der Waals surface area contributed by atoms with Crippen LogP contribution in [0.4, 0.5) is 11.4 Å². The van der Waals surface area contributed by atoms with Crippen LogP contribution in [0.2, 0.25) is 0 Å². The largest absolute Gasteiger partial charge is 0.469 e. The van der Waals surface area contributed by atoms with Crippen molar-refractivity contribution in [1.29, 1.82) is 0 Å². The third-order valence-corrected chi connectivity index (χ3v) is 13.5. The zero-order chi connectivity index (χ0) is 43.8. The lowest BCUT2D eigenvalue weighted by Gasteiger charge is -2.27. The summed E-state index contributed by atoms with van der Waals surface area (Å²) in [6.07, 6.45) is 4.79. The minimum Gasteiger partial charge on any atom is -0.469 e. The van der Waals surface area contributed by atoms with Crippen LogP contribution >= 0.6 is 0 Å². The number of nitrogens with one attached hydrogen (secondary N) is 3. The molecule has 2 saturated carbocycles. The van der Waals surface area contributed by atoms with Crippen LogP contribution in [0, 0.1) is 35.5 Å². The topological polar surface area (TPSA) is 192 Å². The van der Waals surface area contributed by atoms with E-state index in [1.54, 1.807) is 31.4 Å². The van der Waals surface area contributed by atoms with Crippen LogP contribution in [0.5, 0.6) is 0 Å². The average Bonchev–Trinajstić information content (AvgIpc) is 3.28. The molecule has 0 amide bonds. The summed E-state index contributed by atoms with van der Waals surface area (Å²) in [6.45, 7) is 0.217. The molecule has 13 nitrogen and oxygen atoms in total. The Kier molecular flexibility index (Phi) is 16.9. The van der Waals surface area contributed by atoms with Crippen LogP contribution in [0.1, 0.15) is 73.6 Å². The molecule has 322 valence electrons. The van der Waals surface area contributed by atoms with Crippen molar-refractivity contribution in [2.24, 2.45) is 11.8 Å². The molecule has 0 unspecified atom stereocenters. The van der Waals surface area contributed by atoms with Gasteiger partial charge in [0.25, 0.3) is 0 Å². The van der Waals surface area contributed by atoms with Crippen molar-refractivity contribution in [3.8, 4) is 23.7 Å². The van der Waals surface area contributed by atoms with E-state index < -0.39 is 20.0 Å². The summed E-state index contributed by atoms with van der Waals surface area (Å²) in [6, 6.07) is 28.0. The molecule has 2 aliphatic carbocycles. The number of hydrogen-bond acceptors (Lipinski definition) is 11. The van der Waals surface area contributed by atoms with E-state index in [4.69, 9.17) is 19.9 Å². The lowest BCUT2D eigenvalue weighted by atomic mass is 9.86. The maximum Gasteiger partial charge on any atom is 0.308 e. The molecule has 6 rings (SSSR count). The number of esters is 2. The van der Waals surface area contributed by atoms with Crippen molar-refractivity contribution in [1.82, 2.24) is 9.44 Å². The Morgan fingerprint density at radius 2 is 1.02 bits per heavy atom. The second-order valence-corrected chi connectivity index (χ2v) is 18.1. The fourth-order valence-corrected chi connectivity index (χ4v) is 9.71. The molecule has 0 bridgehead atoms. The standard InChI is InChI=1S/C24H28N2O5S.C22H24N2O4S/c1-30-17-25-23-16-22(15-12-19(23)9-8-18-6-4-3-5-7-18)32(28,29)26-21-13-10-20(11-14-21)24(27)31-2;1-28-22(25)18-9-12-19(13-10-18)24-29(26,27)20-14-11-17(21(23)15-20)8-7-16-5-3-2-4-6-16/h3-7,12,15-16,20-21,25-26H,10-11,13-14,17H2,1-2H3;2-6,11,14-15,18-19,24H,9-10,12-13,23H2,1H3. The lowest BCUT2D eigenvalue weighted by molar-refractivity contribution is -0.147. The van der Waals surface area contributed by atoms with Crippen LogP contribution in [-0.2, 0) is 43.8 Å². The zero-order valence-electron chi connectivity index (χ0n) is 34.5. The fourth-order valence-electron chi connectivity index (χ4n) is 7.04. The molecule has 0 aliphatic heterocycles. The maximum absolute atomic E-state index is 13.0. The zero-order valence-corrected chi connectivity index (χ0v) is 36.1. The Morgan fingerprint density at radius 3 is 1.44 bits per heavy atom. The summed E-state index contributed by atoms with van der Waals surface area (Å²) in [5, 5.41) is 3.07. The number of anilines is 2. The van der Waals surface area contributed by atoms with Gasteiger partial charge in [-0.2, -0.15) is 0 Å². The summed E-state index contributed by atoms with van der Waals surface area (Å²) in [7, 11) is -3.14. The van der Waals surface area contributed by atoms with E-state index in [9.17, 15) is 26.4 Å². The van der Waals surface area contributed by atoms with Gasteiger partial charge in [-0.15, -0.1) is 0 Å². The van der Waals surface area contributed by atoms with E-state index in [0.717, 1.165) is 11.1 Å². The number of nitrogen functional groups attached to an aromatic ring is 1. The number of carbonyl (C=O) groups is 2. The van der Waals surface area contributed by atoms with Gasteiger partial charge in [0.2, 0.25) is 20.0 Å². The second-order valence-electron chi connectivity index (χ2n) is 14.7. The minimum absolute atomic E-state index is 0.107. The van der Waals surface area contributed by atoms with Gasteiger partial charge >= 0.3 is 11.9 Å². The average molecular weight is 869 g/mol. The van der Waals surface area contributed by atoms with Crippen LogP contribution in [0.25, 0.3) is 0 Å². The van der Waals surface area contributed by atoms with Crippen LogP contribution in [0.15, 0.2) is 107 Å². The van der Waals surface area contributed by atoms with E-state index in [1.165, 1.54) is 26.4 Å². The summed E-state index contributed by atoms with van der Waals surface area (Å²) in [4.78, 5) is 23.6. The number of sulfonamides is 2. The number of benzene rings is 4. The molecular formula is C46H52N4O9S2. The molecule has 0 aromatic heterocycles. The van der Waals surface area contributed by atoms with Gasteiger partial charge in [0.15, 0.2) is 0 Å². The molecule has 5 N–H and O–H groups in total. The van der Waals surface area contributed by atoms with Gasteiger partial charge in [-0.1, -0.05) is 60.1 Å². The van der Waals surface area contributed by atoms with Crippen LogP contribution in [0.3, 0.4) is 0 Å². The Morgan fingerprint density at radius 1 is 0.590 bits per heavy atom. The summed E-state index contributed by atoms with van der Waals surface area (Å²) in [5.74, 6) is 11.4. The molecule has 2 aliphatic rings. The minimum atomic E-state index is -3.73. The number of methoxy groups -OCH3 is 3. The van der Waals surface area contributed by atoms with Crippen LogP contribution in [-0.4, -0.2) is 68.9 Å². The van der Waals surface area contributed by atoms with Gasteiger partial charge in [-0.3, -0.25) is 9.59 Å². The van der Waals surface area contributed by atoms with E-state index >= 15 is 0 Å². The molecule has 4 aromatic rings. The van der Waals surface area contributed by atoms with Gasteiger partial charge < -0.3 is 25.3 Å². The second kappa shape index (κ2) is 22.2. The molecule has 0 saturated heterocycles. The van der Waals surface area contributed by atoms with E-state index in [0.29, 0.717) is 73.9 Å². The number of nitrogens with two attached hydrogens (primary N) is 1. The molecule has 0 atom stereocenters. The highest BCUT2D eigenvalue weighted by atomic mass is 32.2. The Labute approximate surface area is 359 Å². The highest BCUT2D eigenvalue weighted by Crippen LogP contribution is 2.29. The van der Waals surface area contributed by atoms with Gasteiger partial charge in [0.05, 0.1) is 41.5 Å². The molecule has 0 spiro atoms. The van der Waals surface area contributed by atoms with Crippen molar-refractivity contribution in [2.75, 3.05) is 39.1 Å². The van der Waals surface area contributed by atoms with E-state index in [-0.39, 0.29) is 52.4 Å². The summed E-state index contributed by atoms with van der Waals surface area (Å²) in [5.41, 5.74) is 9.89. The molecule has 15 heteroatoms. The molecule has 0 radical (unpaired) electrons. The smallest absolute Gasteiger partial charge is 0.308 e. The first-order valence-corrected chi connectivity index (χ1v) is 22.9. The summed E-state index contributed by atoms with van der Waals surface area (Å²) >= 11 is 0. The highest BCUT2D eigenvalue weighted by Gasteiger charge is 2.31. The monoisotopic (exact) mass is 868 g/mol. The van der Waals surface area contributed by atoms with E-state index in [1.807, 2.05) is 60.7 Å². The molecule has 2 fully saturated rings.